The van der Waals surface area contributed by atoms with E-state index in [1.54, 1.807) is 29.2 Å². The molecule has 0 fully saturated rings. The number of hydrogen-bond donors (Lipinski definition) is 1. The summed E-state index contributed by atoms with van der Waals surface area (Å²) in [7, 11) is 0. The Morgan fingerprint density at radius 2 is 1.96 bits per heavy atom. The maximum atomic E-state index is 12.3. The lowest BCUT2D eigenvalue weighted by Crippen LogP contribution is -2.37. The molecule has 0 unspecified atom stereocenters. The van der Waals surface area contributed by atoms with Crippen molar-refractivity contribution in [3.05, 3.63) is 41.5 Å². The van der Waals surface area contributed by atoms with Gasteiger partial charge in [0.1, 0.15) is 0 Å². The van der Waals surface area contributed by atoms with Crippen LogP contribution in [-0.2, 0) is 9.59 Å². The largest absolute Gasteiger partial charge is 0.333 e. The first kappa shape index (κ1) is 18.9. The van der Waals surface area contributed by atoms with Crippen molar-refractivity contribution in [2.75, 3.05) is 18.4 Å². The zero-order chi connectivity index (χ0) is 18.2. The van der Waals surface area contributed by atoms with Crippen molar-refractivity contribution in [1.82, 2.24) is 4.90 Å². The highest BCUT2D eigenvalue weighted by Crippen LogP contribution is 2.20. The molecule has 2 rings (SSSR count). The Hall–Kier alpha value is -2.43. The van der Waals surface area contributed by atoms with E-state index in [9.17, 15) is 14.4 Å². The van der Waals surface area contributed by atoms with E-state index in [0.29, 0.717) is 17.8 Å². The smallest absolute Gasteiger partial charge is 0.243 e. The van der Waals surface area contributed by atoms with Gasteiger partial charge in [-0.15, -0.1) is 0 Å². The maximum absolute atomic E-state index is 12.3. The van der Waals surface area contributed by atoms with Crippen LogP contribution in [0, 0.1) is 0 Å². The first-order chi connectivity index (χ1) is 12.0. The van der Waals surface area contributed by atoms with Crippen LogP contribution in [0.3, 0.4) is 0 Å². The van der Waals surface area contributed by atoms with E-state index in [2.05, 4.69) is 11.4 Å². The Labute approximate surface area is 149 Å². The Morgan fingerprint density at radius 1 is 1.16 bits per heavy atom. The molecule has 134 valence electrons. The van der Waals surface area contributed by atoms with Gasteiger partial charge < -0.3 is 10.2 Å². The van der Waals surface area contributed by atoms with Crippen LogP contribution in [0.5, 0.6) is 0 Å². The number of allylic oxidation sites excluding steroid dienone is 1. The van der Waals surface area contributed by atoms with Gasteiger partial charge in [-0.25, -0.2) is 0 Å². The summed E-state index contributed by atoms with van der Waals surface area (Å²) in [5, 5.41) is 2.76. The lowest BCUT2D eigenvalue weighted by atomic mass is 9.97. The highest BCUT2D eigenvalue weighted by Gasteiger charge is 2.15. The molecule has 0 saturated carbocycles. The first-order valence-corrected chi connectivity index (χ1v) is 8.80. The molecule has 5 heteroatoms. The molecule has 2 amide bonds. The van der Waals surface area contributed by atoms with Crippen LogP contribution in [0.25, 0.3) is 0 Å². The number of hydrogen-bond acceptors (Lipinski definition) is 3. The van der Waals surface area contributed by atoms with Gasteiger partial charge in [-0.3, -0.25) is 14.4 Å². The van der Waals surface area contributed by atoms with E-state index in [1.807, 2.05) is 0 Å². The minimum atomic E-state index is -0.256. The summed E-state index contributed by atoms with van der Waals surface area (Å²) in [5.41, 5.74) is 2.49. The molecule has 25 heavy (non-hydrogen) atoms. The number of anilines is 1. The van der Waals surface area contributed by atoms with E-state index in [0.717, 1.165) is 19.3 Å². The third-order valence-electron chi connectivity index (χ3n) is 4.42. The summed E-state index contributed by atoms with van der Waals surface area (Å²) < 4.78 is 0. The molecule has 1 aliphatic carbocycles. The van der Waals surface area contributed by atoms with Crippen LogP contribution in [0.4, 0.5) is 5.69 Å². The number of benzene rings is 1. The Balaban J connectivity index is 1.91. The standard InChI is InChI=1S/C20H26N2O3/c1-15(23)18-9-6-10-19(13-18)21-20(25)14-22(16(2)24)12-11-17-7-4-3-5-8-17/h6-7,9-10,13H,3-5,8,11-12,14H2,1-2H3,(H,21,25). The van der Waals surface area contributed by atoms with Gasteiger partial charge in [0.2, 0.25) is 11.8 Å². The minimum absolute atomic E-state index is 0.0207. The van der Waals surface area contributed by atoms with Crippen molar-refractivity contribution in [2.24, 2.45) is 0 Å². The predicted molar refractivity (Wildman–Crippen MR) is 98.5 cm³/mol. The fraction of sp³-hybridized carbons (Fsp3) is 0.450. The molecule has 1 N–H and O–H groups in total. The molecule has 0 aromatic heterocycles. The first-order valence-electron chi connectivity index (χ1n) is 8.80. The summed E-state index contributed by atoms with van der Waals surface area (Å²) in [6, 6.07) is 6.81. The Bertz CT molecular complexity index is 679. The normalized spacial score (nSPS) is 13.8. The van der Waals surface area contributed by atoms with Gasteiger partial charge in [-0.2, -0.15) is 0 Å². The van der Waals surface area contributed by atoms with Gasteiger partial charge in [0.15, 0.2) is 5.78 Å². The van der Waals surface area contributed by atoms with E-state index in [4.69, 9.17) is 0 Å². The number of ketones is 1. The minimum Gasteiger partial charge on any atom is -0.333 e. The van der Waals surface area contributed by atoms with Crippen LogP contribution in [-0.4, -0.2) is 35.6 Å². The van der Waals surface area contributed by atoms with Gasteiger partial charge in [0.05, 0.1) is 6.54 Å². The number of amides is 2. The lowest BCUT2D eigenvalue weighted by Gasteiger charge is -2.22. The zero-order valence-electron chi connectivity index (χ0n) is 15.0. The molecular formula is C20H26N2O3. The maximum Gasteiger partial charge on any atom is 0.243 e. The molecule has 1 aliphatic rings. The average molecular weight is 342 g/mol. The molecular weight excluding hydrogens is 316 g/mol. The third-order valence-corrected chi connectivity index (χ3v) is 4.42. The molecule has 0 spiro atoms. The van der Waals surface area contributed by atoms with Crippen LogP contribution >= 0.6 is 0 Å². The summed E-state index contributed by atoms with van der Waals surface area (Å²) in [6.07, 6.45) is 7.74. The van der Waals surface area contributed by atoms with Crippen molar-refractivity contribution in [3.8, 4) is 0 Å². The fourth-order valence-corrected chi connectivity index (χ4v) is 2.95. The molecule has 0 saturated heterocycles. The molecule has 0 heterocycles. The second kappa shape index (κ2) is 9.16. The lowest BCUT2D eigenvalue weighted by molar-refractivity contribution is -0.132. The van der Waals surface area contributed by atoms with E-state index >= 15 is 0 Å². The van der Waals surface area contributed by atoms with E-state index in [1.165, 1.54) is 32.3 Å². The average Bonchev–Trinajstić information content (AvgIpc) is 2.59. The van der Waals surface area contributed by atoms with Crippen molar-refractivity contribution >= 4 is 23.3 Å². The highest BCUT2D eigenvalue weighted by molar-refractivity contribution is 5.98. The van der Waals surface area contributed by atoms with Gasteiger partial charge >= 0.3 is 0 Å². The number of carbonyl (C=O) groups excluding carboxylic acids is 3. The SMILES string of the molecule is CC(=O)c1cccc(NC(=O)CN(CCC2=CCCCC2)C(C)=O)c1. The van der Waals surface area contributed by atoms with Gasteiger partial charge in [0, 0.05) is 24.7 Å². The Kier molecular flexibility index (Phi) is 6.92. The second-order valence-corrected chi connectivity index (χ2v) is 6.48. The van der Waals surface area contributed by atoms with Gasteiger partial charge in [-0.05, 0) is 51.2 Å². The summed E-state index contributed by atoms with van der Waals surface area (Å²) >= 11 is 0. The monoisotopic (exact) mass is 342 g/mol. The van der Waals surface area contributed by atoms with Crippen molar-refractivity contribution in [2.45, 2.75) is 46.0 Å². The molecule has 0 aliphatic heterocycles. The molecule has 0 atom stereocenters. The van der Waals surface area contributed by atoms with Gasteiger partial charge in [-0.1, -0.05) is 23.8 Å². The van der Waals surface area contributed by atoms with Gasteiger partial charge in [0.25, 0.3) is 0 Å². The van der Waals surface area contributed by atoms with Crippen molar-refractivity contribution < 1.29 is 14.4 Å². The molecule has 1 aromatic rings. The summed E-state index contributed by atoms with van der Waals surface area (Å²) in [4.78, 5) is 37.1. The van der Waals surface area contributed by atoms with Crippen molar-refractivity contribution in [1.29, 1.82) is 0 Å². The third kappa shape index (κ3) is 6.18. The molecule has 0 radical (unpaired) electrons. The zero-order valence-corrected chi connectivity index (χ0v) is 15.0. The second-order valence-electron chi connectivity index (χ2n) is 6.48. The highest BCUT2D eigenvalue weighted by atomic mass is 16.2. The summed E-state index contributed by atoms with van der Waals surface area (Å²) in [5.74, 6) is -0.417. The molecule has 5 nitrogen and oxygen atoms in total. The van der Waals surface area contributed by atoms with Crippen LogP contribution in [0.15, 0.2) is 35.9 Å². The fourth-order valence-electron chi connectivity index (χ4n) is 2.95. The van der Waals surface area contributed by atoms with E-state index < -0.39 is 0 Å². The van der Waals surface area contributed by atoms with Crippen LogP contribution in [0.1, 0.15) is 56.3 Å². The number of carbonyl (C=O) groups is 3. The van der Waals surface area contributed by atoms with Crippen LogP contribution in [0.2, 0.25) is 0 Å². The predicted octanol–water partition coefficient (Wildman–Crippen LogP) is 3.57. The van der Waals surface area contributed by atoms with Crippen molar-refractivity contribution in [3.63, 3.8) is 0 Å². The number of Topliss-reactive ketones (excluding diaryl/α,β-unsaturated/α-hetero) is 1. The Morgan fingerprint density at radius 3 is 2.60 bits per heavy atom. The van der Waals surface area contributed by atoms with Crippen LogP contribution < -0.4 is 5.32 Å². The summed E-state index contributed by atoms with van der Waals surface area (Å²) in [6.45, 7) is 3.55. The number of nitrogens with zero attached hydrogens (tertiary/aromatic N) is 1. The number of nitrogens with one attached hydrogen (secondary N) is 1. The number of rotatable bonds is 7. The quantitative estimate of drug-likeness (QED) is 0.608. The molecule has 1 aromatic carbocycles. The topological polar surface area (TPSA) is 66.5 Å². The molecule has 0 bridgehead atoms. The van der Waals surface area contributed by atoms with E-state index in [-0.39, 0.29) is 24.1 Å².